The van der Waals surface area contributed by atoms with E-state index in [9.17, 15) is 30.3 Å². The highest BCUT2D eigenvalue weighted by Crippen LogP contribution is 2.44. The van der Waals surface area contributed by atoms with Crippen molar-refractivity contribution in [2.45, 2.75) is 73.4 Å². The van der Waals surface area contributed by atoms with Gasteiger partial charge >= 0.3 is 0 Å². The van der Waals surface area contributed by atoms with Crippen LogP contribution < -0.4 is 15.5 Å². The van der Waals surface area contributed by atoms with Gasteiger partial charge in [-0.05, 0) is 88.9 Å². The average Bonchev–Trinajstić information content (AvgIpc) is 3.11. The molecule has 6 rings (SSSR count). The summed E-state index contributed by atoms with van der Waals surface area (Å²) in [6, 6.07) is 23.0. The van der Waals surface area contributed by atoms with Crippen LogP contribution in [0, 0.1) is 5.92 Å². The Labute approximate surface area is 295 Å². The molecule has 2 heterocycles. The van der Waals surface area contributed by atoms with E-state index in [-0.39, 0.29) is 23.6 Å². The van der Waals surface area contributed by atoms with Gasteiger partial charge in [-0.3, -0.25) is 4.79 Å². The number of methoxy groups -OCH3 is 1. The summed E-state index contributed by atoms with van der Waals surface area (Å²) in [5.41, 5.74) is 4.38. The van der Waals surface area contributed by atoms with Crippen LogP contribution in [0.3, 0.4) is 0 Å². The highest BCUT2D eigenvalue weighted by molar-refractivity contribution is 7.99. The predicted molar refractivity (Wildman–Crippen MR) is 198 cm³/mol. The van der Waals surface area contributed by atoms with E-state index in [1.807, 2.05) is 72.8 Å². The molecule has 2 fully saturated rings. The van der Waals surface area contributed by atoms with Crippen LogP contribution in [0.2, 0.25) is 0 Å². The number of anilines is 1. The number of allylic oxidation sites excluding steroid dienone is 2. The van der Waals surface area contributed by atoms with Gasteiger partial charge in [0.2, 0.25) is 5.91 Å². The van der Waals surface area contributed by atoms with Crippen molar-refractivity contribution in [1.29, 1.82) is 0 Å². The van der Waals surface area contributed by atoms with Crippen LogP contribution >= 0.6 is 30.2 Å². The third kappa shape index (κ3) is 7.84. The number of hydrogen-bond donors (Lipinski definition) is 5. The van der Waals surface area contributed by atoms with E-state index in [4.69, 9.17) is 9.47 Å². The van der Waals surface area contributed by atoms with Crippen molar-refractivity contribution >= 4 is 58.0 Å². The number of carbonyl (C=O) groups is 1. The molecular weight excluding hydrogens is 680 g/mol. The van der Waals surface area contributed by atoms with Crippen LogP contribution in [0.15, 0.2) is 95.1 Å². The van der Waals surface area contributed by atoms with Crippen molar-refractivity contribution in [3.8, 4) is 0 Å². The summed E-state index contributed by atoms with van der Waals surface area (Å²) in [5.74, 6) is 0.151. The number of aliphatic hydroxyl groups is 5. The van der Waals surface area contributed by atoms with Gasteiger partial charge in [0.05, 0.1) is 24.2 Å². The number of rotatable bonds is 11. The van der Waals surface area contributed by atoms with Gasteiger partial charge in [-0.25, -0.2) is 0 Å². The fourth-order valence-electron chi connectivity index (χ4n) is 6.82. The molecule has 12 heteroatoms. The fourth-order valence-corrected chi connectivity index (χ4v) is 8.17. The van der Waals surface area contributed by atoms with Gasteiger partial charge in [-0.1, -0.05) is 48.5 Å². The molecule has 0 radical (unpaired) electrons. The molecule has 3 aromatic carbocycles. The summed E-state index contributed by atoms with van der Waals surface area (Å²) < 4.78 is 10.7. The van der Waals surface area contributed by atoms with Crippen LogP contribution in [-0.4, -0.2) is 81.1 Å². The third-order valence-corrected chi connectivity index (χ3v) is 11.5. The molecule has 10 unspecified atom stereocenters. The first kappa shape index (κ1) is 36.2. The Morgan fingerprint density at radius 1 is 0.918 bits per heavy atom. The minimum atomic E-state index is -1.36. The van der Waals surface area contributed by atoms with E-state index in [1.165, 1.54) is 18.9 Å². The first-order chi connectivity index (χ1) is 23.5. The molecular formula is C37H43NO8P2S. The van der Waals surface area contributed by atoms with Gasteiger partial charge < -0.3 is 39.9 Å². The number of hydrogen-bond acceptors (Lipinski definition) is 9. The second-order valence-electron chi connectivity index (χ2n) is 12.8. The zero-order valence-corrected chi connectivity index (χ0v) is 30.3. The SMILES string of the molecule is COC1OC(CSc2ccc(C3=CC(O)=C(C4C(CCC(O)c5ccc(P)cc5)C(=O)N4c4ccc(P)cc4)CC3)cc2)C(O)C(O)C1O. The normalized spacial score (nSPS) is 27.9. The maximum absolute atomic E-state index is 13.6. The Balaban J connectivity index is 1.16. The number of β-lactam (4-membered cyclic amide) rings is 1. The largest absolute Gasteiger partial charge is 0.508 e. The molecule has 9 nitrogen and oxygen atoms in total. The quantitative estimate of drug-likeness (QED) is 0.114. The zero-order chi connectivity index (χ0) is 34.8. The van der Waals surface area contributed by atoms with Gasteiger partial charge in [-0.2, -0.15) is 0 Å². The number of benzene rings is 3. The number of thioether (sulfide) groups is 1. The van der Waals surface area contributed by atoms with Gasteiger partial charge in [0.15, 0.2) is 6.29 Å². The average molecular weight is 724 g/mol. The maximum Gasteiger partial charge on any atom is 0.233 e. The lowest BCUT2D eigenvalue weighted by Gasteiger charge is -2.49. The van der Waals surface area contributed by atoms with E-state index in [1.54, 1.807) is 11.0 Å². The molecule has 2 saturated heterocycles. The Morgan fingerprint density at radius 2 is 1.57 bits per heavy atom. The molecule has 3 aromatic rings. The number of carbonyl (C=O) groups excluding carboxylic acids is 1. The van der Waals surface area contributed by atoms with Crippen LogP contribution in [-0.2, 0) is 14.3 Å². The molecule has 1 amide bonds. The van der Waals surface area contributed by atoms with E-state index in [2.05, 4.69) is 18.5 Å². The molecule has 260 valence electrons. The second kappa shape index (κ2) is 15.7. The van der Waals surface area contributed by atoms with Crippen LogP contribution in [0.25, 0.3) is 5.57 Å². The number of amides is 1. The fraction of sp³-hybridized carbons (Fsp3) is 0.378. The molecule has 3 aliphatic rings. The molecule has 5 N–H and O–H groups in total. The Bertz CT molecular complexity index is 1680. The summed E-state index contributed by atoms with van der Waals surface area (Å²) in [5, 5.41) is 55.0. The standard InChI is InChI=1S/C37H43NO8P2S/c1-45-37-35(43)34(42)33(41)31(46-37)19-49-26-13-4-20(5-14-26)22-6-15-27(30(40)18-22)32-28(16-17-29(39)21-2-9-24(47)10-3-21)36(44)38(32)23-7-11-25(48)12-8-23/h2-5,7-14,18,28-29,31-35,37,39-43H,6,15-17,19,47-48H2,1H3. The van der Waals surface area contributed by atoms with Crippen molar-refractivity contribution in [3.63, 3.8) is 0 Å². The van der Waals surface area contributed by atoms with Crippen molar-refractivity contribution in [3.05, 3.63) is 101 Å². The van der Waals surface area contributed by atoms with Gasteiger partial charge in [-0.15, -0.1) is 30.2 Å². The molecule has 0 saturated carbocycles. The van der Waals surface area contributed by atoms with Crippen molar-refractivity contribution in [1.82, 2.24) is 0 Å². The molecule has 2 aliphatic heterocycles. The van der Waals surface area contributed by atoms with Crippen LogP contribution in [0.1, 0.15) is 42.9 Å². The summed E-state index contributed by atoms with van der Waals surface area (Å²) in [6.07, 6.45) is -2.36. The van der Waals surface area contributed by atoms with Crippen molar-refractivity contribution in [2.24, 2.45) is 5.92 Å². The molecule has 49 heavy (non-hydrogen) atoms. The number of nitrogens with zero attached hydrogens (tertiary/aromatic N) is 1. The monoisotopic (exact) mass is 723 g/mol. The smallest absolute Gasteiger partial charge is 0.233 e. The molecule has 0 aromatic heterocycles. The van der Waals surface area contributed by atoms with Gasteiger partial charge in [0.1, 0.15) is 24.1 Å². The van der Waals surface area contributed by atoms with Gasteiger partial charge in [0, 0.05) is 23.4 Å². The second-order valence-corrected chi connectivity index (χ2v) is 15.2. The van der Waals surface area contributed by atoms with Crippen molar-refractivity contribution in [2.75, 3.05) is 17.8 Å². The molecule has 0 bridgehead atoms. The lowest BCUT2D eigenvalue weighted by molar-refractivity contribution is -0.284. The summed E-state index contributed by atoms with van der Waals surface area (Å²) >= 11 is 1.45. The minimum Gasteiger partial charge on any atom is -0.508 e. The molecule has 0 spiro atoms. The minimum absolute atomic E-state index is 0.00764. The van der Waals surface area contributed by atoms with E-state index < -0.39 is 36.8 Å². The summed E-state index contributed by atoms with van der Waals surface area (Å²) in [6.45, 7) is 0. The number of aliphatic hydroxyl groups excluding tert-OH is 5. The van der Waals surface area contributed by atoms with E-state index >= 15 is 0 Å². The lowest BCUT2D eigenvalue weighted by atomic mass is 9.74. The number of ether oxygens (including phenoxy) is 2. The summed E-state index contributed by atoms with van der Waals surface area (Å²) in [7, 11) is 6.67. The van der Waals surface area contributed by atoms with Crippen LogP contribution in [0.4, 0.5) is 5.69 Å². The molecule has 10 atom stereocenters. The lowest BCUT2D eigenvalue weighted by Crippen LogP contribution is -2.62. The highest BCUT2D eigenvalue weighted by atomic mass is 32.2. The third-order valence-electron chi connectivity index (χ3n) is 9.66. The summed E-state index contributed by atoms with van der Waals surface area (Å²) in [4.78, 5) is 16.3. The molecule has 1 aliphatic carbocycles. The van der Waals surface area contributed by atoms with E-state index in [0.29, 0.717) is 31.4 Å². The Morgan fingerprint density at radius 3 is 2.20 bits per heavy atom. The predicted octanol–water partition coefficient (Wildman–Crippen LogP) is 3.77. The Kier molecular flexibility index (Phi) is 11.6. The zero-order valence-electron chi connectivity index (χ0n) is 27.1. The topological polar surface area (TPSA) is 140 Å². The Hall–Kier alpha value is -2.62. The van der Waals surface area contributed by atoms with Crippen LogP contribution in [0.5, 0.6) is 0 Å². The first-order valence-electron chi connectivity index (χ1n) is 16.4. The highest BCUT2D eigenvalue weighted by Gasteiger charge is 2.50. The van der Waals surface area contributed by atoms with Gasteiger partial charge in [0.25, 0.3) is 0 Å². The van der Waals surface area contributed by atoms with Crippen molar-refractivity contribution < 1.29 is 39.8 Å². The maximum atomic E-state index is 13.6. The van der Waals surface area contributed by atoms with E-state index in [0.717, 1.165) is 43.5 Å². The first-order valence-corrected chi connectivity index (χ1v) is 18.5.